The molecule has 2 rings (SSSR count). The number of carbonyl (C=O) groups is 3. The summed E-state index contributed by atoms with van der Waals surface area (Å²) in [7, 11) is 0. The molecule has 0 saturated heterocycles. The fraction of sp³-hybridized carbons (Fsp3) is 0.250. The molecule has 25 heavy (non-hydrogen) atoms. The molecule has 0 atom stereocenters. The number of hydrogen-bond acceptors (Lipinski definition) is 4. The van der Waals surface area contributed by atoms with Gasteiger partial charge in [-0.3, -0.25) is 9.59 Å². The van der Waals surface area contributed by atoms with Crippen LogP contribution < -0.4 is 5.32 Å². The van der Waals surface area contributed by atoms with Gasteiger partial charge in [-0.2, -0.15) is 0 Å². The van der Waals surface area contributed by atoms with Gasteiger partial charge in [0.2, 0.25) is 5.91 Å². The number of hydrogen-bond donors (Lipinski definition) is 1. The van der Waals surface area contributed by atoms with Crippen LogP contribution in [0.2, 0.25) is 0 Å². The molecular formula is C20H21NO4. The second kappa shape index (κ2) is 8.24. The predicted octanol–water partition coefficient (Wildman–Crippen LogP) is 3.56. The van der Waals surface area contributed by atoms with E-state index in [0.29, 0.717) is 11.3 Å². The second-order valence-corrected chi connectivity index (χ2v) is 5.76. The average Bonchev–Trinajstić information content (AvgIpc) is 2.61. The molecule has 0 aliphatic heterocycles. The maximum absolute atomic E-state index is 12.1. The lowest BCUT2D eigenvalue weighted by atomic mass is 10.1. The third-order valence-corrected chi connectivity index (χ3v) is 3.80. The molecule has 0 heterocycles. The van der Waals surface area contributed by atoms with E-state index < -0.39 is 5.97 Å². The summed E-state index contributed by atoms with van der Waals surface area (Å²) in [6.45, 7) is 4.93. The summed E-state index contributed by atoms with van der Waals surface area (Å²) >= 11 is 0. The summed E-state index contributed by atoms with van der Waals surface area (Å²) in [4.78, 5) is 35.4. The van der Waals surface area contributed by atoms with Crippen molar-refractivity contribution in [2.45, 2.75) is 27.2 Å². The van der Waals surface area contributed by atoms with Gasteiger partial charge in [-0.25, -0.2) is 4.79 Å². The first-order chi connectivity index (χ1) is 11.9. The Morgan fingerprint density at radius 3 is 2.24 bits per heavy atom. The maximum Gasteiger partial charge on any atom is 0.338 e. The number of nitrogens with one attached hydrogen (secondary N) is 1. The van der Waals surface area contributed by atoms with E-state index in [-0.39, 0.29) is 23.9 Å². The molecule has 0 radical (unpaired) electrons. The number of amides is 1. The van der Waals surface area contributed by atoms with Gasteiger partial charge in [-0.05, 0) is 36.6 Å². The summed E-state index contributed by atoms with van der Waals surface area (Å²) in [5.74, 6) is -1.09. The van der Waals surface area contributed by atoms with Crippen LogP contribution in [0, 0.1) is 6.92 Å². The van der Waals surface area contributed by atoms with Crippen molar-refractivity contribution in [2.24, 2.45) is 0 Å². The Morgan fingerprint density at radius 2 is 1.64 bits per heavy atom. The number of benzene rings is 2. The molecule has 1 amide bonds. The molecule has 0 aliphatic carbocycles. The number of esters is 1. The Kier molecular flexibility index (Phi) is 6.06. The Labute approximate surface area is 147 Å². The molecule has 0 aromatic heterocycles. The molecule has 0 unspecified atom stereocenters. The lowest BCUT2D eigenvalue weighted by Gasteiger charge is -2.09. The number of aryl methyl sites for hydroxylation is 2. The van der Waals surface area contributed by atoms with Crippen LogP contribution in [-0.4, -0.2) is 24.3 Å². The largest absolute Gasteiger partial charge is 0.454 e. The number of anilines is 1. The van der Waals surface area contributed by atoms with Crippen LogP contribution in [-0.2, 0) is 16.0 Å². The molecular weight excluding hydrogens is 318 g/mol. The van der Waals surface area contributed by atoms with Gasteiger partial charge in [0.1, 0.15) is 0 Å². The van der Waals surface area contributed by atoms with Crippen molar-refractivity contribution < 1.29 is 19.1 Å². The first-order valence-corrected chi connectivity index (χ1v) is 8.08. The summed E-state index contributed by atoms with van der Waals surface area (Å²) in [5, 5.41) is 2.66. The van der Waals surface area contributed by atoms with Crippen LogP contribution in [0.1, 0.15) is 45.7 Å². The molecule has 0 bridgehead atoms. The lowest BCUT2D eigenvalue weighted by Crippen LogP contribution is -2.15. The topological polar surface area (TPSA) is 72.5 Å². The second-order valence-electron chi connectivity index (χ2n) is 5.76. The van der Waals surface area contributed by atoms with Crippen molar-refractivity contribution in [1.29, 1.82) is 0 Å². The minimum Gasteiger partial charge on any atom is -0.454 e. The minimum absolute atomic E-state index is 0.223. The summed E-state index contributed by atoms with van der Waals surface area (Å²) in [5.41, 5.74) is 3.30. The van der Waals surface area contributed by atoms with E-state index in [4.69, 9.17) is 4.74 Å². The quantitative estimate of drug-likeness (QED) is 0.645. The smallest absolute Gasteiger partial charge is 0.338 e. The van der Waals surface area contributed by atoms with Gasteiger partial charge in [-0.1, -0.05) is 37.3 Å². The number of ether oxygens (including phenoxy) is 1. The van der Waals surface area contributed by atoms with E-state index in [2.05, 4.69) is 5.32 Å². The lowest BCUT2D eigenvalue weighted by molar-refractivity contribution is -0.114. The maximum atomic E-state index is 12.1. The minimum atomic E-state index is -0.606. The van der Waals surface area contributed by atoms with Crippen LogP contribution in [0.3, 0.4) is 0 Å². The van der Waals surface area contributed by atoms with Crippen LogP contribution in [0.15, 0.2) is 42.5 Å². The van der Waals surface area contributed by atoms with Crippen LogP contribution >= 0.6 is 0 Å². The molecule has 5 heteroatoms. The Balaban J connectivity index is 2.01. The van der Waals surface area contributed by atoms with E-state index in [0.717, 1.165) is 17.5 Å². The predicted molar refractivity (Wildman–Crippen MR) is 95.9 cm³/mol. The van der Waals surface area contributed by atoms with Crippen molar-refractivity contribution >= 4 is 23.3 Å². The van der Waals surface area contributed by atoms with Gasteiger partial charge in [-0.15, -0.1) is 0 Å². The van der Waals surface area contributed by atoms with Gasteiger partial charge in [0, 0.05) is 18.2 Å². The SMILES string of the molecule is CCc1ccc(C(=O)COC(=O)c2ccc(C)c(NC(C)=O)c2)cc1. The first-order valence-electron chi connectivity index (χ1n) is 8.08. The van der Waals surface area contributed by atoms with Crippen molar-refractivity contribution in [3.05, 3.63) is 64.7 Å². The van der Waals surface area contributed by atoms with Crippen molar-refractivity contribution in [1.82, 2.24) is 0 Å². The van der Waals surface area contributed by atoms with Gasteiger partial charge in [0.05, 0.1) is 5.56 Å². The van der Waals surface area contributed by atoms with Crippen LogP contribution in [0.4, 0.5) is 5.69 Å². The first kappa shape index (κ1) is 18.4. The Bertz CT molecular complexity index is 794. The molecule has 0 saturated carbocycles. The Hall–Kier alpha value is -2.95. The molecule has 0 spiro atoms. The van der Waals surface area contributed by atoms with Gasteiger partial charge in [0.15, 0.2) is 12.4 Å². The monoisotopic (exact) mass is 339 g/mol. The highest BCUT2D eigenvalue weighted by Gasteiger charge is 2.13. The molecule has 2 aromatic rings. The molecule has 0 fully saturated rings. The fourth-order valence-electron chi connectivity index (χ4n) is 2.30. The van der Waals surface area contributed by atoms with Crippen LogP contribution in [0.25, 0.3) is 0 Å². The van der Waals surface area contributed by atoms with Crippen molar-refractivity contribution in [3.63, 3.8) is 0 Å². The number of rotatable bonds is 6. The number of carbonyl (C=O) groups excluding carboxylic acids is 3. The van der Waals surface area contributed by atoms with E-state index in [1.807, 2.05) is 26.0 Å². The summed E-state index contributed by atoms with van der Waals surface area (Å²) < 4.78 is 5.10. The highest BCUT2D eigenvalue weighted by atomic mass is 16.5. The van der Waals surface area contributed by atoms with E-state index in [9.17, 15) is 14.4 Å². The molecule has 130 valence electrons. The van der Waals surface area contributed by atoms with Gasteiger partial charge in [0.25, 0.3) is 0 Å². The van der Waals surface area contributed by atoms with E-state index in [1.54, 1.807) is 30.3 Å². The van der Waals surface area contributed by atoms with Crippen molar-refractivity contribution in [3.8, 4) is 0 Å². The number of ketones is 1. The zero-order valence-electron chi connectivity index (χ0n) is 14.6. The molecule has 1 N–H and O–H groups in total. The zero-order valence-corrected chi connectivity index (χ0v) is 14.6. The zero-order chi connectivity index (χ0) is 18.4. The number of Topliss-reactive ketones (excluding diaryl/α,β-unsaturated/α-hetero) is 1. The summed E-state index contributed by atoms with van der Waals surface area (Å²) in [6.07, 6.45) is 0.896. The normalized spacial score (nSPS) is 10.2. The standard InChI is InChI=1S/C20H21NO4/c1-4-15-6-9-16(10-7-15)19(23)12-25-20(24)17-8-5-13(2)18(11-17)21-14(3)22/h5-11H,4,12H2,1-3H3,(H,21,22). The highest BCUT2D eigenvalue weighted by Crippen LogP contribution is 2.17. The van der Waals surface area contributed by atoms with Gasteiger partial charge >= 0.3 is 5.97 Å². The fourth-order valence-corrected chi connectivity index (χ4v) is 2.30. The summed E-state index contributed by atoms with van der Waals surface area (Å²) in [6, 6.07) is 12.1. The van der Waals surface area contributed by atoms with E-state index in [1.165, 1.54) is 6.92 Å². The molecule has 2 aromatic carbocycles. The van der Waals surface area contributed by atoms with E-state index >= 15 is 0 Å². The average molecular weight is 339 g/mol. The molecule has 5 nitrogen and oxygen atoms in total. The Morgan fingerprint density at radius 1 is 1.00 bits per heavy atom. The third-order valence-electron chi connectivity index (χ3n) is 3.80. The van der Waals surface area contributed by atoms with Crippen LogP contribution in [0.5, 0.6) is 0 Å². The third kappa shape index (κ3) is 5.01. The molecule has 0 aliphatic rings. The van der Waals surface area contributed by atoms with Crippen molar-refractivity contribution in [2.75, 3.05) is 11.9 Å². The highest BCUT2D eigenvalue weighted by molar-refractivity contribution is 6.00. The van der Waals surface area contributed by atoms with Gasteiger partial charge < -0.3 is 10.1 Å².